The number of aromatic nitrogens is 3. The van der Waals surface area contributed by atoms with Crippen molar-refractivity contribution in [2.45, 2.75) is 0 Å². The highest BCUT2D eigenvalue weighted by molar-refractivity contribution is 5.97. The first kappa shape index (κ1) is 51.0. The van der Waals surface area contributed by atoms with Crippen molar-refractivity contribution in [1.29, 1.82) is 0 Å². The Kier molecular flexibility index (Phi) is 14.1. The number of pyridine rings is 3. The first-order valence-electron chi connectivity index (χ1n) is 28.6. The molecule has 3 nitrogen and oxygen atoms in total. The van der Waals surface area contributed by atoms with Crippen molar-refractivity contribution in [1.82, 2.24) is 15.0 Å². The Morgan fingerprint density at radius 2 is 0.429 bits per heavy atom. The summed E-state index contributed by atoms with van der Waals surface area (Å²) in [6.07, 6.45) is 1.87. The number of rotatable bonds is 13. The van der Waals surface area contributed by atoms with Gasteiger partial charge in [0.25, 0.3) is 0 Å². The summed E-state index contributed by atoms with van der Waals surface area (Å²) in [7, 11) is 0. The maximum Gasteiger partial charge on any atom is 0.0709 e. The lowest BCUT2D eigenvalue weighted by atomic mass is 9.84. The van der Waals surface area contributed by atoms with Gasteiger partial charge in [-0.2, -0.15) is 0 Å². The zero-order chi connectivity index (χ0) is 56.0. The Bertz CT molecular complexity index is 4410. The van der Waals surface area contributed by atoms with Gasteiger partial charge in [0, 0.05) is 34.0 Å². The van der Waals surface area contributed by atoms with Gasteiger partial charge in [-0.05, 0) is 150 Å². The third-order valence-electron chi connectivity index (χ3n) is 15.8. The SMILES string of the molecule is c1ccc(-c2ccc(-c3cc(-c4ccccn4)ccc3-c3ccccc3-c3cc(-c4ccccc4-c4ccc(-c5cccc(-c6ccccc6)n5)cc4)cc(-c4ccccc4-c4ccc(-c5cccc(-c6ccccc6)n5)cc4)c3)cc2)cc1. The minimum absolute atomic E-state index is 0.932. The maximum atomic E-state index is 5.10. The zero-order valence-electron chi connectivity index (χ0n) is 46.1. The molecular weight excluding hydrogens is 1010 g/mol. The first-order chi connectivity index (χ1) is 41.6. The molecule has 0 fully saturated rings. The zero-order valence-corrected chi connectivity index (χ0v) is 46.1. The van der Waals surface area contributed by atoms with Gasteiger partial charge in [-0.3, -0.25) is 4.98 Å². The predicted octanol–water partition coefficient (Wildman–Crippen LogP) is 21.5. The average molecular weight is 1070 g/mol. The van der Waals surface area contributed by atoms with E-state index in [4.69, 9.17) is 15.0 Å². The van der Waals surface area contributed by atoms with Crippen LogP contribution in [-0.4, -0.2) is 15.0 Å². The molecule has 0 N–H and O–H groups in total. The molecule has 0 aliphatic rings. The van der Waals surface area contributed by atoms with E-state index in [-0.39, 0.29) is 0 Å². The van der Waals surface area contributed by atoms with E-state index in [0.717, 1.165) is 134 Å². The standard InChI is InChI=1S/C81H55N3/c1-4-20-56(21-5-1)57-37-39-60(40-38-57)76-55-65(77-32-16-17-51-82-77)49-50-75(76)74-31-15-14-30-73(74)68-53-66(71-28-12-10-26-69(71)58-41-45-63(46-42-58)80-35-18-33-78(83-80)61-22-6-2-7-23-61)52-67(54-68)72-29-13-11-27-70(72)59-43-47-64(48-44-59)81-36-19-34-79(84-81)62-24-8-3-9-25-62/h1-55H. The fraction of sp³-hybridized carbons (Fsp3) is 0. The summed E-state index contributed by atoms with van der Waals surface area (Å²) in [4.78, 5) is 15.0. The number of benzene rings is 11. The Morgan fingerprint density at radius 1 is 0.143 bits per heavy atom. The molecule has 0 radical (unpaired) electrons. The second-order valence-electron chi connectivity index (χ2n) is 21.1. The molecule has 0 spiro atoms. The summed E-state index contributed by atoms with van der Waals surface area (Å²) in [5.74, 6) is 0. The van der Waals surface area contributed by atoms with Gasteiger partial charge in [0.2, 0.25) is 0 Å². The monoisotopic (exact) mass is 1070 g/mol. The van der Waals surface area contributed by atoms with Gasteiger partial charge in [-0.25, -0.2) is 9.97 Å². The van der Waals surface area contributed by atoms with Gasteiger partial charge in [0.05, 0.1) is 28.5 Å². The van der Waals surface area contributed by atoms with E-state index < -0.39 is 0 Å². The quantitative estimate of drug-likeness (QED) is 0.115. The maximum absolute atomic E-state index is 5.10. The number of nitrogens with zero attached hydrogens (tertiary/aromatic N) is 3. The van der Waals surface area contributed by atoms with Crippen LogP contribution < -0.4 is 0 Å². The third kappa shape index (κ3) is 10.6. The van der Waals surface area contributed by atoms with Gasteiger partial charge < -0.3 is 0 Å². The van der Waals surface area contributed by atoms with E-state index in [1.165, 1.54) is 11.1 Å². The Hall–Kier alpha value is -11.1. The molecule has 0 unspecified atom stereocenters. The highest BCUT2D eigenvalue weighted by Gasteiger charge is 2.19. The molecule has 0 aliphatic carbocycles. The Balaban J connectivity index is 0.905. The summed E-state index contributed by atoms with van der Waals surface area (Å²) in [5.41, 5.74) is 28.3. The molecule has 394 valence electrons. The van der Waals surface area contributed by atoms with E-state index in [0.29, 0.717) is 0 Å². The van der Waals surface area contributed by atoms with Crippen LogP contribution in [0.15, 0.2) is 334 Å². The Morgan fingerprint density at radius 3 is 0.857 bits per heavy atom. The van der Waals surface area contributed by atoms with Crippen molar-refractivity contribution in [3.63, 3.8) is 0 Å². The molecule has 14 aromatic rings. The van der Waals surface area contributed by atoms with Crippen LogP contribution >= 0.6 is 0 Å². The Labute approximate surface area is 491 Å². The average Bonchev–Trinajstić information content (AvgIpc) is 2.96. The molecule has 0 saturated carbocycles. The van der Waals surface area contributed by atoms with Crippen LogP contribution in [0.25, 0.3) is 145 Å². The molecule has 3 heteroatoms. The van der Waals surface area contributed by atoms with Crippen LogP contribution in [0.2, 0.25) is 0 Å². The van der Waals surface area contributed by atoms with Crippen molar-refractivity contribution in [2.75, 3.05) is 0 Å². The van der Waals surface area contributed by atoms with Crippen LogP contribution in [0, 0.1) is 0 Å². The molecule has 3 heterocycles. The largest absolute Gasteiger partial charge is 0.256 e. The van der Waals surface area contributed by atoms with E-state index >= 15 is 0 Å². The summed E-state index contributed by atoms with van der Waals surface area (Å²) in [6, 6.07) is 117. The topological polar surface area (TPSA) is 38.7 Å². The highest BCUT2D eigenvalue weighted by atomic mass is 14.7. The number of hydrogen-bond acceptors (Lipinski definition) is 3. The van der Waals surface area contributed by atoms with Crippen LogP contribution in [0.1, 0.15) is 0 Å². The first-order valence-corrected chi connectivity index (χ1v) is 28.6. The van der Waals surface area contributed by atoms with Crippen molar-refractivity contribution < 1.29 is 0 Å². The second kappa shape index (κ2) is 23.2. The lowest BCUT2D eigenvalue weighted by molar-refractivity contribution is 1.32. The fourth-order valence-corrected chi connectivity index (χ4v) is 11.6. The van der Waals surface area contributed by atoms with E-state index in [1.54, 1.807) is 0 Å². The van der Waals surface area contributed by atoms with E-state index in [2.05, 4.69) is 309 Å². The molecule has 0 aliphatic heterocycles. The molecule has 14 rings (SSSR count). The summed E-state index contributed by atoms with van der Waals surface area (Å²) < 4.78 is 0. The van der Waals surface area contributed by atoms with Crippen molar-refractivity contribution >= 4 is 0 Å². The van der Waals surface area contributed by atoms with Crippen LogP contribution in [0.3, 0.4) is 0 Å². The minimum atomic E-state index is 0.932. The van der Waals surface area contributed by atoms with Gasteiger partial charge in [-0.1, -0.05) is 267 Å². The molecule has 3 aromatic heterocycles. The second-order valence-corrected chi connectivity index (χ2v) is 21.1. The highest BCUT2D eigenvalue weighted by Crippen LogP contribution is 2.45. The molecule has 0 amide bonds. The van der Waals surface area contributed by atoms with Gasteiger partial charge in [-0.15, -0.1) is 0 Å². The predicted molar refractivity (Wildman–Crippen MR) is 350 cm³/mol. The lowest BCUT2D eigenvalue weighted by Gasteiger charge is -2.19. The third-order valence-corrected chi connectivity index (χ3v) is 15.8. The molecule has 0 atom stereocenters. The normalized spacial score (nSPS) is 11.1. The molecule has 0 bridgehead atoms. The van der Waals surface area contributed by atoms with Crippen molar-refractivity contribution in [3.05, 3.63) is 334 Å². The van der Waals surface area contributed by atoms with E-state index in [1.807, 2.05) is 24.4 Å². The lowest BCUT2D eigenvalue weighted by Crippen LogP contribution is -1.94. The molecule has 11 aromatic carbocycles. The molecular formula is C81H55N3. The van der Waals surface area contributed by atoms with Crippen molar-refractivity contribution in [2.24, 2.45) is 0 Å². The smallest absolute Gasteiger partial charge is 0.0709 e. The summed E-state index contributed by atoms with van der Waals surface area (Å²) in [5, 5.41) is 0. The summed E-state index contributed by atoms with van der Waals surface area (Å²) in [6.45, 7) is 0. The van der Waals surface area contributed by atoms with Gasteiger partial charge in [0.1, 0.15) is 0 Å². The number of hydrogen-bond donors (Lipinski definition) is 0. The van der Waals surface area contributed by atoms with Crippen molar-refractivity contribution in [3.8, 4) is 145 Å². The van der Waals surface area contributed by atoms with Gasteiger partial charge in [0.15, 0.2) is 0 Å². The van der Waals surface area contributed by atoms with Crippen LogP contribution in [-0.2, 0) is 0 Å². The molecule has 84 heavy (non-hydrogen) atoms. The van der Waals surface area contributed by atoms with Crippen LogP contribution in [0.4, 0.5) is 0 Å². The summed E-state index contributed by atoms with van der Waals surface area (Å²) >= 11 is 0. The van der Waals surface area contributed by atoms with Gasteiger partial charge >= 0.3 is 0 Å². The van der Waals surface area contributed by atoms with E-state index in [9.17, 15) is 0 Å². The van der Waals surface area contributed by atoms with Crippen LogP contribution in [0.5, 0.6) is 0 Å². The molecule has 0 saturated heterocycles. The fourth-order valence-electron chi connectivity index (χ4n) is 11.6. The minimum Gasteiger partial charge on any atom is -0.256 e.